The molecule has 1 saturated heterocycles. The molecule has 2 N–H and O–H groups in total. The number of hydrogen-bond donors (Lipinski definition) is 2. The molecule has 0 bridgehead atoms. The molecule has 2 atom stereocenters. The third-order valence-corrected chi connectivity index (χ3v) is 6.91. The van der Waals surface area contributed by atoms with Crippen LogP contribution in [0.1, 0.15) is 42.5 Å². The first-order valence-electron chi connectivity index (χ1n) is 11.3. The van der Waals surface area contributed by atoms with Gasteiger partial charge in [0, 0.05) is 12.5 Å². The van der Waals surface area contributed by atoms with Gasteiger partial charge in [-0.3, -0.25) is 14.4 Å². The second kappa shape index (κ2) is 8.30. The van der Waals surface area contributed by atoms with Crippen molar-refractivity contribution in [3.63, 3.8) is 0 Å². The maximum absolute atomic E-state index is 13.4. The lowest BCUT2D eigenvalue weighted by Crippen LogP contribution is -2.52. The van der Waals surface area contributed by atoms with Crippen LogP contribution in [0.5, 0.6) is 5.75 Å². The highest BCUT2D eigenvalue weighted by molar-refractivity contribution is 6.11. The molecule has 2 aromatic carbocycles. The van der Waals surface area contributed by atoms with Gasteiger partial charge in [0.1, 0.15) is 11.8 Å². The van der Waals surface area contributed by atoms with Gasteiger partial charge < -0.3 is 20.3 Å². The van der Waals surface area contributed by atoms with Crippen LogP contribution in [0.15, 0.2) is 42.5 Å². The van der Waals surface area contributed by atoms with Gasteiger partial charge in [-0.05, 0) is 54.7 Å². The topological polar surface area (TPSA) is 87.7 Å². The van der Waals surface area contributed by atoms with Gasteiger partial charge in [0.25, 0.3) is 5.91 Å². The first-order chi connectivity index (χ1) is 15.5. The minimum absolute atomic E-state index is 0.0122. The van der Waals surface area contributed by atoms with Crippen LogP contribution in [0.25, 0.3) is 11.1 Å². The van der Waals surface area contributed by atoms with Gasteiger partial charge in [0.05, 0.1) is 24.4 Å². The van der Waals surface area contributed by atoms with Crippen molar-refractivity contribution in [1.82, 2.24) is 10.2 Å². The van der Waals surface area contributed by atoms with Crippen molar-refractivity contribution in [1.29, 1.82) is 0 Å². The predicted octanol–water partition coefficient (Wildman–Crippen LogP) is 3.20. The van der Waals surface area contributed by atoms with Crippen LogP contribution in [0, 0.1) is 5.92 Å². The van der Waals surface area contributed by atoms with Crippen LogP contribution >= 0.6 is 0 Å². The van der Waals surface area contributed by atoms with Gasteiger partial charge in [-0.15, -0.1) is 0 Å². The Labute approximate surface area is 187 Å². The summed E-state index contributed by atoms with van der Waals surface area (Å²) in [5.74, 6) is 0.369. The molecular weight excluding hydrogens is 406 g/mol. The number of methoxy groups -OCH3 is 1. The number of rotatable bonds is 4. The number of amides is 3. The maximum atomic E-state index is 13.4. The molecule has 2 heterocycles. The third-order valence-electron chi connectivity index (χ3n) is 6.91. The Morgan fingerprint density at radius 1 is 1.03 bits per heavy atom. The predicted molar refractivity (Wildman–Crippen MR) is 120 cm³/mol. The van der Waals surface area contributed by atoms with E-state index in [1.54, 1.807) is 18.1 Å². The maximum Gasteiger partial charge on any atom is 0.256 e. The summed E-state index contributed by atoms with van der Waals surface area (Å²) in [7, 11) is 1.62. The number of hydrogen-bond acceptors (Lipinski definition) is 4. The molecule has 2 fully saturated rings. The number of nitrogens with zero attached hydrogens (tertiary/aromatic N) is 1. The van der Waals surface area contributed by atoms with Crippen LogP contribution in [0.2, 0.25) is 0 Å². The van der Waals surface area contributed by atoms with Crippen molar-refractivity contribution in [2.75, 3.05) is 19.0 Å². The van der Waals surface area contributed by atoms with Gasteiger partial charge in [-0.25, -0.2) is 0 Å². The fourth-order valence-corrected chi connectivity index (χ4v) is 5.14. The number of fused-ring (bicyclic) bond motifs is 2. The van der Waals surface area contributed by atoms with Crippen LogP contribution < -0.4 is 15.4 Å². The average Bonchev–Trinajstić information content (AvgIpc) is 3.47. The molecule has 3 amide bonds. The van der Waals surface area contributed by atoms with E-state index in [2.05, 4.69) is 10.6 Å². The molecule has 32 heavy (non-hydrogen) atoms. The van der Waals surface area contributed by atoms with Gasteiger partial charge in [0.2, 0.25) is 11.8 Å². The summed E-state index contributed by atoms with van der Waals surface area (Å²) in [6, 6.07) is 12.1. The van der Waals surface area contributed by atoms with E-state index in [1.807, 2.05) is 36.4 Å². The molecule has 0 aromatic heterocycles. The lowest BCUT2D eigenvalue weighted by Gasteiger charge is -2.25. The molecule has 7 heteroatoms. The Morgan fingerprint density at radius 3 is 2.47 bits per heavy atom. The molecule has 7 nitrogen and oxygen atoms in total. The van der Waals surface area contributed by atoms with Gasteiger partial charge >= 0.3 is 0 Å². The summed E-state index contributed by atoms with van der Waals surface area (Å²) in [4.78, 5) is 40.8. The average molecular weight is 434 g/mol. The van der Waals surface area contributed by atoms with Gasteiger partial charge in [-0.2, -0.15) is 0 Å². The molecule has 1 saturated carbocycles. The zero-order valence-corrected chi connectivity index (χ0v) is 18.1. The second-order valence-corrected chi connectivity index (χ2v) is 8.81. The molecule has 0 spiro atoms. The zero-order valence-electron chi connectivity index (χ0n) is 18.1. The van der Waals surface area contributed by atoms with Crippen molar-refractivity contribution in [3.05, 3.63) is 48.0 Å². The normalized spacial score (nSPS) is 22.7. The smallest absolute Gasteiger partial charge is 0.256 e. The number of carbonyl (C=O) groups excluding carboxylic acids is 3. The summed E-state index contributed by atoms with van der Waals surface area (Å²) in [6.07, 6.45) is 4.53. The molecule has 0 radical (unpaired) electrons. The Morgan fingerprint density at radius 2 is 1.75 bits per heavy atom. The molecule has 2 aromatic rings. The number of benzene rings is 2. The largest absolute Gasteiger partial charge is 0.497 e. The van der Waals surface area contributed by atoms with Crippen molar-refractivity contribution in [2.24, 2.45) is 5.92 Å². The fourth-order valence-electron chi connectivity index (χ4n) is 5.14. The van der Waals surface area contributed by atoms with Crippen LogP contribution in [0.3, 0.4) is 0 Å². The SMILES string of the molecule is COc1ccc(-c2ccc3c(c2)C(=O)N2CCC(NC(=O)C4CCCC4)C2C(=O)N3)cc1. The lowest BCUT2D eigenvalue weighted by molar-refractivity contribution is -0.126. The fraction of sp³-hybridized carbons (Fsp3) is 0.400. The van der Waals surface area contributed by atoms with E-state index >= 15 is 0 Å². The highest BCUT2D eigenvalue weighted by Crippen LogP contribution is 2.33. The van der Waals surface area contributed by atoms with Gasteiger partial charge in [-0.1, -0.05) is 31.0 Å². The van der Waals surface area contributed by atoms with Crippen molar-refractivity contribution >= 4 is 23.4 Å². The highest BCUT2D eigenvalue weighted by Gasteiger charge is 2.45. The van der Waals surface area contributed by atoms with Crippen molar-refractivity contribution in [2.45, 2.75) is 44.2 Å². The lowest BCUT2D eigenvalue weighted by atomic mass is 10.0. The number of ether oxygens (including phenoxy) is 1. The van der Waals surface area contributed by atoms with E-state index < -0.39 is 6.04 Å². The summed E-state index contributed by atoms with van der Waals surface area (Å²) in [6.45, 7) is 0.443. The van der Waals surface area contributed by atoms with E-state index in [9.17, 15) is 14.4 Å². The minimum atomic E-state index is -0.690. The molecule has 3 aliphatic rings. The van der Waals surface area contributed by atoms with Gasteiger partial charge in [0.15, 0.2) is 0 Å². The highest BCUT2D eigenvalue weighted by atomic mass is 16.5. The Bertz CT molecular complexity index is 1060. The Kier molecular flexibility index (Phi) is 5.33. The summed E-state index contributed by atoms with van der Waals surface area (Å²) in [5, 5.41) is 5.99. The van der Waals surface area contributed by atoms with Crippen LogP contribution in [-0.2, 0) is 9.59 Å². The molecule has 2 unspecified atom stereocenters. The van der Waals surface area contributed by atoms with E-state index in [0.717, 1.165) is 42.6 Å². The minimum Gasteiger partial charge on any atom is -0.497 e. The number of carbonyl (C=O) groups is 3. The molecule has 1 aliphatic carbocycles. The summed E-state index contributed by atoms with van der Waals surface area (Å²) < 4.78 is 5.22. The van der Waals surface area contributed by atoms with E-state index in [1.165, 1.54) is 0 Å². The standard InChI is InChI=1S/C25H27N3O4/c1-32-18-9-6-15(7-10-18)17-8-11-20-19(14-17)25(31)28-13-12-21(22(28)24(30)26-20)27-23(29)16-4-2-3-5-16/h6-11,14,16,21-22H,2-5,12-13H2,1H3,(H,26,30)(H,27,29). The summed E-state index contributed by atoms with van der Waals surface area (Å²) >= 11 is 0. The first kappa shape index (κ1) is 20.5. The molecule has 5 rings (SSSR count). The molecule has 2 aliphatic heterocycles. The Hall–Kier alpha value is -3.35. The number of anilines is 1. The monoisotopic (exact) mass is 433 g/mol. The third kappa shape index (κ3) is 3.61. The van der Waals surface area contributed by atoms with E-state index in [4.69, 9.17) is 4.74 Å². The van der Waals surface area contributed by atoms with Crippen molar-refractivity contribution in [3.8, 4) is 16.9 Å². The summed E-state index contributed by atoms with van der Waals surface area (Å²) in [5.41, 5.74) is 2.82. The van der Waals surface area contributed by atoms with E-state index in [0.29, 0.717) is 24.2 Å². The number of nitrogens with one attached hydrogen (secondary N) is 2. The van der Waals surface area contributed by atoms with E-state index in [-0.39, 0.29) is 29.7 Å². The second-order valence-electron chi connectivity index (χ2n) is 8.81. The first-order valence-corrected chi connectivity index (χ1v) is 11.3. The van der Waals surface area contributed by atoms with Crippen LogP contribution in [-0.4, -0.2) is 48.4 Å². The van der Waals surface area contributed by atoms with Crippen molar-refractivity contribution < 1.29 is 19.1 Å². The zero-order chi connectivity index (χ0) is 22.2. The molecule has 166 valence electrons. The quantitative estimate of drug-likeness (QED) is 0.775. The molecular formula is C25H27N3O4. The Balaban J connectivity index is 1.40. The van der Waals surface area contributed by atoms with Crippen LogP contribution in [0.4, 0.5) is 5.69 Å².